The number of hydrogen-bond donors (Lipinski definition) is 1. The Kier molecular flexibility index (Phi) is 1.64. The molecule has 0 spiro atoms. The molecule has 0 amide bonds. The van der Waals surface area contributed by atoms with Crippen molar-refractivity contribution in [1.82, 2.24) is 0 Å². The standard InChI is InChI=1S/C3H8O/c1-2-3-4/h4H,2-3H2,1H3/i4D. The lowest BCUT2D eigenvalue weighted by Crippen LogP contribution is -1.69. The summed E-state index contributed by atoms with van der Waals surface area (Å²) in [6.07, 6.45) is 0.934. The first-order valence-corrected chi connectivity index (χ1v) is 1.50. The molecule has 0 aliphatic heterocycles. The SMILES string of the molecule is [2H]OCCC. The van der Waals surface area contributed by atoms with Crippen molar-refractivity contribution < 1.29 is 5.11 Å². The van der Waals surface area contributed by atoms with Crippen LogP contribution in [0.15, 0.2) is 0 Å². The van der Waals surface area contributed by atoms with Gasteiger partial charge in [-0.15, -0.1) is 0 Å². The molecule has 0 aliphatic rings. The maximum absolute atomic E-state index is 6.10. The Morgan fingerprint density at radius 1 is 2.25 bits per heavy atom. The van der Waals surface area contributed by atoms with Crippen molar-refractivity contribution in [1.29, 1.82) is 1.43 Å². The van der Waals surface area contributed by atoms with Crippen LogP contribution in [-0.4, -0.2) is 13.1 Å². The molecule has 0 fully saturated rings. The lowest BCUT2D eigenvalue weighted by Gasteiger charge is -1.69. The van der Waals surface area contributed by atoms with Gasteiger partial charge in [0, 0.05) is 6.61 Å². The Balaban J connectivity index is 2.19. The normalized spacial score (nSPS) is 10.8. The van der Waals surface area contributed by atoms with Gasteiger partial charge in [-0.05, 0) is 6.42 Å². The van der Waals surface area contributed by atoms with E-state index >= 15 is 0 Å². The molecule has 0 radical (unpaired) electrons. The topological polar surface area (TPSA) is 20.2 Å². The molecule has 0 saturated carbocycles. The summed E-state index contributed by atoms with van der Waals surface area (Å²) >= 11 is 0. The molecule has 1 N–H and O–H groups in total. The van der Waals surface area contributed by atoms with Crippen molar-refractivity contribution in [3.05, 3.63) is 0 Å². The van der Waals surface area contributed by atoms with Gasteiger partial charge in [-0.3, -0.25) is 0 Å². The van der Waals surface area contributed by atoms with Gasteiger partial charge in [0.1, 0.15) is 0 Å². The quantitative estimate of drug-likeness (QED) is 0.489. The predicted molar refractivity (Wildman–Crippen MR) is 17.4 cm³/mol. The highest BCUT2D eigenvalue weighted by Gasteiger charge is 1.57. The highest BCUT2D eigenvalue weighted by Crippen LogP contribution is 1.61. The van der Waals surface area contributed by atoms with Crippen LogP contribution in [0.25, 0.3) is 0 Å². The third-order valence-electron chi connectivity index (χ3n) is 0.204. The molecule has 0 rings (SSSR count). The fourth-order valence-electron chi connectivity index (χ4n) is 0. The number of aliphatic hydroxyl groups is 1. The third kappa shape index (κ3) is 1.96. The van der Waals surface area contributed by atoms with Crippen molar-refractivity contribution in [2.45, 2.75) is 13.3 Å². The third-order valence-corrected chi connectivity index (χ3v) is 0.204. The van der Waals surface area contributed by atoms with E-state index in [-0.39, 0.29) is 0 Å². The molecule has 1 nitrogen and oxygen atoms in total. The Hall–Kier alpha value is -0.0400. The first-order valence-electron chi connectivity index (χ1n) is 1.90. The lowest BCUT2D eigenvalue weighted by molar-refractivity contribution is 0.295. The molecule has 26 valence electrons. The number of aliphatic hydroxyl groups excluding tert-OH is 1. The minimum absolute atomic E-state index is 0.556. The average Bonchev–Trinajstić information content (AvgIpc) is 1.41. The summed E-state index contributed by atoms with van der Waals surface area (Å²) in [7, 11) is 0. The molecule has 0 aromatic carbocycles. The average molecular weight is 61.1 g/mol. The molecular weight excluding hydrogens is 52.0 g/mol. The minimum atomic E-state index is 0.556. The molecule has 0 unspecified atom stereocenters. The summed E-state index contributed by atoms with van der Waals surface area (Å²) in [6, 6.07) is 0. The van der Waals surface area contributed by atoms with Crippen LogP contribution in [-0.2, 0) is 0 Å². The molecule has 0 aromatic heterocycles. The van der Waals surface area contributed by atoms with E-state index in [1.54, 1.807) is 0 Å². The summed E-state index contributed by atoms with van der Waals surface area (Å²) in [5.74, 6) is 0. The van der Waals surface area contributed by atoms with Gasteiger partial charge < -0.3 is 5.11 Å². The molecule has 0 aromatic rings. The summed E-state index contributed by atoms with van der Waals surface area (Å²) in [5.41, 5.74) is 0. The van der Waals surface area contributed by atoms with E-state index in [4.69, 9.17) is 1.43 Å². The highest BCUT2D eigenvalue weighted by atomic mass is 16.2. The fourth-order valence-corrected chi connectivity index (χ4v) is 0. The second-order valence-corrected chi connectivity index (χ2v) is 0.704. The smallest absolute Gasteiger partial charge is 0.210 e. The van der Waals surface area contributed by atoms with E-state index in [1.807, 2.05) is 6.92 Å². The maximum atomic E-state index is 6.10. The zero-order valence-corrected chi connectivity index (χ0v) is 2.82. The molecule has 0 bridgehead atoms. The van der Waals surface area contributed by atoms with E-state index in [1.165, 1.54) is 0 Å². The largest absolute Gasteiger partial charge is 0.396 e. The molecule has 1 heteroatoms. The Morgan fingerprint density at radius 2 is 3.00 bits per heavy atom. The van der Waals surface area contributed by atoms with Crippen molar-refractivity contribution >= 4 is 0 Å². The van der Waals surface area contributed by atoms with Gasteiger partial charge in [0.2, 0.25) is 1.43 Å². The monoisotopic (exact) mass is 61.1 g/mol. The van der Waals surface area contributed by atoms with Gasteiger partial charge in [0.15, 0.2) is 0 Å². The number of hydrogen-bond acceptors (Lipinski definition) is 1. The van der Waals surface area contributed by atoms with E-state index < -0.39 is 0 Å². The molecule has 0 heterocycles. The molecule has 0 atom stereocenters. The first kappa shape index (κ1) is 2.21. The van der Waals surface area contributed by atoms with Crippen LogP contribution in [0.5, 0.6) is 0 Å². The Labute approximate surface area is 27.8 Å². The van der Waals surface area contributed by atoms with Gasteiger partial charge in [0.05, 0.1) is 0 Å². The van der Waals surface area contributed by atoms with Crippen LogP contribution in [0, 0.1) is 0 Å². The van der Waals surface area contributed by atoms with Crippen molar-refractivity contribution in [3.8, 4) is 0 Å². The van der Waals surface area contributed by atoms with Gasteiger partial charge in [-0.25, -0.2) is 0 Å². The van der Waals surface area contributed by atoms with Crippen LogP contribution in [0.4, 0.5) is 0 Å². The fraction of sp³-hybridized carbons (Fsp3) is 1.00. The molecule has 0 saturated heterocycles. The highest BCUT2D eigenvalue weighted by molar-refractivity contribution is 4.10. The summed E-state index contributed by atoms with van der Waals surface area (Å²) in [6.45, 7) is 2.52. The zero-order chi connectivity index (χ0) is 4.12. The predicted octanol–water partition coefficient (Wildman–Crippen LogP) is 0.389. The molecule has 0 aliphatic carbocycles. The van der Waals surface area contributed by atoms with Crippen LogP contribution in [0.3, 0.4) is 0 Å². The van der Waals surface area contributed by atoms with Gasteiger partial charge in [-0.2, -0.15) is 0 Å². The molecule has 4 heavy (non-hydrogen) atoms. The van der Waals surface area contributed by atoms with Crippen molar-refractivity contribution in [2.75, 3.05) is 6.61 Å². The maximum Gasteiger partial charge on any atom is 0.210 e. The van der Waals surface area contributed by atoms with E-state index in [0.29, 0.717) is 6.61 Å². The zero-order valence-electron chi connectivity index (χ0n) is 3.82. The van der Waals surface area contributed by atoms with Crippen LogP contribution in [0.1, 0.15) is 13.3 Å². The second-order valence-electron chi connectivity index (χ2n) is 0.704. The second kappa shape index (κ2) is 2.96. The Bertz CT molecular complexity index is 14.4. The summed E-state index contributed by atoms with van der Waals surface area (Å²) in [4.78, 5) is 0. The van der Waals surface area contributed by atoms with Crippen molar-refractivity contribution in [2.24, 2.45) is 0 Å². The first-order chi connectivity index (χ1) is 2.41. The summed E-state index contributed by atoms with van der Waals surface area (Å²) < 4.78 is 6.10. The van der Waals surface area contributed by atoms with Crippen LogP contribution >= 0.6 is 0 Å². The number of rotatable bonds is 2. The van der Waals surface area contributed by atoms with Crippen LogP contribution < -0.4 is 0 Å². The summed E-state index contributed by atoms with van der Waals surface area (Å²) in [5, 5.41) is 3.94. The van der Waals surface area contributed by atoms with Gasteiger partial charge in [0.25, 0.3) is 0 Å². The van der Waals surface area contributed by atoms with Gasteiger partial charge >= 0.3 is 0 Å². The van der Waals surface area contributed by atoms with Gasteiger partial charge in [-0.1, -0.05) is 6.92 Å². The van der Waals surface area contributed by atoms with E-state index in [0.717, 1.165) is 6.42 Å². The molecular formula is C3H8O. The van der Waals surface area contributed by atoms with E-state index in [9.17, 15) is 0 Å². The van der Waals surface area contributed by atoms with Crippen LogP contribution in [0.2, 0.25) is 0 Å². The van der Waals surface area contributed by atoms with E-state index in [2.05, 4.69) is 5.11 Å². The minimum Gasteiger partial charge on any atom is -0.396 e. The Morgan fingerprint density at radius 3 is 3.00 bits per heavy atom. The lowest BCUT2D eigenvalue weighted by atomic mass is 10.5. The van der Waals surface area contributed by atoms with Crippen molar-refractivity contribution in [3.63, 3.8) is 0 Å².